The number of fused-ring (bicyclic) bond motifs is 1. The number of aryl methyl sites for hydroxylation is 2. The lowest BCUT2D eigenvalue weighted by Gasteiger charge is -2.25. The number of hydrogen-bond donors (Lipinski definition) is 1. The number of rotatable bonds is 4. The fraction of sp³-hybridized carbons (Fsp3) is 0.143. The summed E-state index contributed by atoms with van der Waals surface area (Å²) in [5.74, 6) is -1.08. The summed E-state index contributed by atoms with van der Waals surface area (Å²) in [6.45, 7) is 1.82. The summed E-state index contributed by atoms with van der Waals surface area (Å²) in [5, 5.41) is 12.8. The maximum absolute atomic E-state index is 13.5. The molecule has 6 nitrogen and oxygen atoms in total. The molecule has 176 valence electrons. The zero-order valence-electron chi connectivity index (χ0n) is 19.4. The maximum atomic E-state index is 13.5. The van der Waals surface area contributed by atoms with Crippen LogP contribution in [0.5, 0.6) is 5.75 Å². The highest BCUT2D eigenvalue weighted by Crippen LogP contribution is 2.45. The van der Waals surface area contributed by atoms with Crippen LogP contribution in [-0.2, 0) is 16.6 Å². The topological polar surface area (TPSA) is 71.8 Å². The van der Waals surface area contributed by atoms with Gasteiger partial charge in [0, 0.05) is 46.0 Å². The molecular weight excluding hydrogens is 464 g/mol. The highest BCUT2D eigenvalue weighted by molar-refractivity contribution is 6.52. The van der Waals surface area contributed by atoms with Gasteiger partial charge < -0.3 is 14.4 Å². The molecule has 1 unspecified atom stereocenters. The third-order valence-corrected chi connectivity index (χ3v) is 6.68. The molecule has 1 aliphatic heterocycles. The smallest absolute Gasteiger partial charge is 0.300 e. The molecule has 7 heteroatoms. The molecule has 0 bridgehead atoms. The van der Waals surface area contributed by atoms with Crippen LogP contribution >= 0.6 is 11.6 Å². The molecule has 1 aliphatic rings. The van der Waals surface area contributed by atoms with Crippen LogP contribution in [0.3, 0.4) is 0 Å². The number of carbonyl (C=O) groups is 2. The molecule has 1 aromatic heterocycles. The van der Waals surface area contributed by atoms with E-state index in [2.05, 4.69) is 0 Å². The average molecular weight is 487 g/mol. The Labute approximate surface area is 207 Å². The van der Waals surface area contributed by atoms with Gasteiger partial charge in [-0.05, 0) is 55.0 Å². The first-order chi connectivity index (χ1) is 16.8. The van der Waals surface area contributed by atoms with Gasteiger partial charge in [0.05, 0.1) is 18.7 Å². The Bertz CT molecular complexity index is 1540. The lowest BCUT2D eigenvalue weighted by molar-refractivity contribution is -0.132. The first-order valence-corrected chi connectivity index (χ1v) is 11.4. The van der Waals surface area contributed by atoms with Crippen molar-refractivity contribution >= 4 is 45.6 Å². The molecule has 3 aromatic carbocycles. The molecule has 1 N–H and O–H groups in total. The predicted octanol–water partition coefficient (Wildman–Crippen LogP) is 5.78. The van der Waals surface area contributed by atoms with Crippen LogP contribution in [0.1, 0.15) is 22.7 Å². The number of carbonyl (C=O) groups excluding carboxylic acids is 2. The quantitative estimate of drug-likeness (QED) is 0.225. The standard InChI is InChI=1S/C28H23ClN2O4/c1-16-13-19(35-3)11-12-20(16)26(32)24-25(22-15-30(2)23-10-5-4-9-21(22)23)31(28(34)27(24)33)18-8-6-7-17(29)14-18/h4-15,25,32H,1-3H3/b26-24+. The van der Waals surface area contributed by atoms with Crippen LogP contribution in [0.25, 0.3) is 16.7 Å². The van der Waals surface area contributed by atoms with Crippen LogP contribution in [0, 0.1) is 6.92 Å². The Morgan fingerprint density at radius 1 is 1.03 bits per heavy atom. The number of anilines is 1. The molecular formula is C28H23ClN2O4. The molecule has 4 aromatic rings. The van der Waals surface area contributed by atoms with Crippen LogP contribution in [0.2, 0.25) is 5.02 Å². The van der Waals surface area contributed by atoms with E-state index in [1.807, 2.05) is 49.0 Å². The number of aliphatic hydroxyl groups excluding tert-OH is 1. The predicted molar refractivity (Wildman–Crippen MR) is 137 cm³/mol. The first kappa shape index (κ1) is 22.7. The number of hydrogen-bond acceptors (Lipinski definition) is 4. The Morgan fingerprint density at radius 3 is 2.51 bits per heavy atom. The second kappa shape index (κ2) is 8.64. The van der Waals surface area contributed by atoms with Gasteiger partial charge in [0.15, 0.2) is 0 Å². The lowest BCUT2D eigenvalue weighted by Crippen LogP contribution is -2.29. The summed E-state index contributed by atoms with van der Waals surface area (Å²) < 4.78 is 7.22. The van der Waals surface area contributed by atoms with E-state index in [1.165, 1.54) is 4.90 Å². The van der Waals surface area contributed by atoms with Gasteiger partial charge in [-0.15, -0.1) is 0 Å². The van der Waals surface area contributed by atoms with E-state index < -0.39 is 17.7 Å². The number of para-hydroxylation sites is 1. The molecule has 0 spiro atoms. The summed E-state index contributed by atoms with van der Waals surface area (Å²) in [7, 11) is 3.47. The fourth-order valence-electron chi connectivity index (χ4n) is 4.78. The van der Waals surface area contributed by atoms with Crippen molar-refractivity contribution in [1.82, 2.24) is 4.57 Å². The second-order valence-electron chi connectivity index (χ2n) is 8.54. The van der Waals surface area contributed by atoms with Gasteiger partial charge in [-0.3, -0.25) is 14.5 Å². The summed E-state index contributed by atoms with van der Waals surface area (Å²) in [6.07, 6.45) is 1.90. The molecule has 0 saturated carbocycles. The summed E-state index contributed by atoms with van der Waals surface area (Å²) in [4.78, 5) is 28.3. The van der Waals surface area contributed by atoms with Crippen LogP contribution in [0.15, 0.2) is 78.5 Å². The van der Waals surface area contributed by atoms with E-state index in [-0.39, 0.29) is 11.3 Å². The van der Waals surface area contributed by atoms with Crippen molar-refractivity contribution in [2.45, 2.75) is 13.0 Å². The van der Waals surface area contributed by atoms with Gasteiger partial charge >= 0.3 is 0 Å². The lowest BCUT2D eigenvalue weighted by atomic mass is 9.93. The number of halogens is 1. The van der Waals surface area contributed by atoms with Gasteiger partial charge in [-0.2, -0.15) is 0 Å². The van der Waals surface area contributed by atoms with E-state index in [9.17, 15) is 14.7 Å². The number of amides is 1. The van der Waals surface area contributed by atoms with Crippen molar-refractivity contribution in [3.63, 3.8) is 0 Å². The average Bonchev–Trinajstić information content (AvgIpc) is 3.32. The van der Waals surface area contributed by atoms with Crippen LogP contribution in [-0.4, -0.2) is 28.5 Å². The molecule has 5 rings (SSSR count). The summed E-state index contributed by atoms with van der Waals surface area (Å²) >= 11 is 6.24. The normalized spacial score (nSPS) is 17.4. The van der Waals surface area contributed by atoms with Gasteiger partial charge in [-0.1, -0.05) is 35.9 Å². The van der Waals surface area contributed by atoms with Crippen LogP contribution in [0.4, 0.5) is 5.69 Å². The number of methoxy groups -OCH3 is 1. The van der Waals surface area contributed by atoms with Gasteiger partial charge in [0.25, 0.3) is 11.7 Å². The van der Waals surface area contributed by atoms with Crippen LogP contribution < -0.4 is 9.64 Å². The van der Waals surface area contributed by atoms with Gasteiger partial charge in [-0.25, -0.2) is 0 Å². The molecule has 35 heavy (non-hydrogen) atoms. The van der Waals surface area contributed by atoms with Crippen molar-refractivity contribution < 1.29 is 19.4 Å². The van der Waals surface area contributed by atoms with E-state index in [0.717, 1.165) is 16.5 Å². The molecule has 0 aliphatic carbocycles. The fourth-order valence-corrected chi connectivity index (χ4v) is 4.97. The summed E-state index contributed by atoms with van der Waals surface area (Å²) in [6, 6.07) is 18.9. The van der Waals surface area contributed by atoms with Crippen molar-refractivity contribution in [3.05, 3.63) is 100 Å². The Balaban J connectivity index is 1.81. The monoisotopic (exact) mass is 486 g/mol. The number of aromatic nitrogens is 1. The number of Topliss-reactive ketones (excluding diaryl/α,β-unsaturated/α-hetero) is 1. The summed E-state index contributed by atoms with van der Waals surface area (Å²) in [5.41, 5.74) is 3.35. The molecule has 0 radical (unpaired) electrons. The minimum Gasteiger partial charge on any atom is -0.507 e. The minimum absolute atomic E-state index is 0.0274. The molecule has 1 atom stereocenters. The van der Waals surface area contributed by atoms with E-state index in [0.29, 0.717) is 27.6 Å². The molecule has 2 heterocycles. The Kier molecular flexibility index (Phi) is 5.61. The van der Waals surface area contributed by atoms with Gasteiger partial charge in [0.1, 0.15) is 11.5 Å². The number of ether oxygens (including phenoxy) is 1. The number of aliphatic hydroxyl groups is 1. The number of nitrogens with zero attached hydrogens (tertiary/aromatic N) is 2. The third-order valence-electron chi connectivity index (χ3n) is 6.44. The molecule has 1 amide bonds. The zero-order chi connectivity index (χ0) is 24.9. The van der Waals surface area contributed by atoms with Crippen molar-refractivity contribution in [1.29, 1.82) is 0 Å². The Morgan fingerprint density at radius 2 is 1.80 bits per heavy atom. The van der Waals surface area contributed by atoms with Gasteiger partial charge in [0.2, 0.25) is 0 Å². The van der Waals surface area contributed by atoms with Crippen molar-refractivity contribution in [3.8, 4) is 5.75 Å². The minimum atomic E-state index is -0.846. The molecule has 1 fully saturated rings. The first-order valence-electron chi connectivity index (χ1n) is 11.1. The number of benzene rings is 3. The SMILES string of the molecule is COc1ccc(/C(O)=C2\C(=O)C(=O)N(c3cccc(Cl)c3)C2c2cn(C)c3ccccc23)c(C)c1. The molecule has 1 saturated heterocycles. The number of ketones is 1. The van der Waals surface area contributed by atoms with E-state index in [1.54, 1.807) is 49.6 Å². The van der Waals surface area contributed by atoms with E-state index >= 15 is 0 Å². The van der Waals surface area contributed by atoms with Crippen molar-refractivity contribution in [2.24, 2.45) is 7.05 Å². The van der Waals surface area contributed by atoms with Crippen molar-refractivity contribution in [2.75, 3.05) is 12.0 Å². The van der Waals surface area contributed by atoms with E-state index in [4.69, 9.17) is 16.3 Å². The second-order valence-corrected chi connectivity index (χ2v) is 8.98. The highest BCUT2D eigenvalue weighted by atomic mass is 35.5. The zero-order valence-corrected chi connectivity index (χ0v) is 20.2. The largest absolute Gasteiger partial charge is 0.507 e. The Hall–Kier alpha value is -4.03. The highest BCUT2D eigenvalue weighted by Gasteiger charge is 2.48. The maximum Gasteiger partial charge on any atom is 0.300 e. The third kappa shape index (κ3) is 3.67.